The first-order chi connectivity index (χ1) is 9.40. The van der Waals surface area contributed by atoms with Crippen LogP contribution in [0.15, 0.2) is 12.4 Å². The number of nitrogens with zero attached hydrogens (tertiary/aromatic N) is 2. The van der Waals surface area contributed by atoms with E-state index in [9.17, 15) is 0 Å². The highest BCUT2D eigenvalue weighted by Crippen LogP contribution is 2.24. The van der Waals surface area contributed by atoms with Crippen molar-refractivity contribution in [3.05, 3.63) is 12.4 Å². The summed E-state index contributed by atoms with van der Waals surface area (Å²) in [6.45, 7) is 3.16. The summed E-state index contributed by atoms with van der Waals surface area (Å²) in [4.78, 5) is 8.59. The lowest BCUT2D eigenvalue weighted by Gasteiger charge is -2.14. The first kappa shape index (κ1) is 12.7. The van der Waals surface area contributed by atoms with Crippen molar-refractivity contribution < 1.29 is 0 Å². The topological polar surface area (TPSA) is 61.9 Å². The zero-order valence-electron chi connectivity index (χ0n) is 11.4. The molecule has 0 aromatic carbocycles. The molecule has 2 fully saturated rings. The second kappa shape index (κ2) is 6.19. The lowest BCUT2D eigenvalue weighted by atomic mass is 10.1. The van der Waals surface area contributed by atoms with Gasteiger partial charge in [0.15, 0.2) is 0 Å². The van der Waals surface area contributed by atoms with Gasteiger partial charge in [-0.1, -0.05) is 12.8 Å². The molecular formula is C14H23N5. The summed E-state index contributed by atoms with van der Waals surface area (Å²) in [6, 6.07) is 2.52. The molecule has 0 spiro atoms. The maximum absolute atomic E-state index is 4.30. The van der Waals surface area contributed by atoms with Gasteiger partial charge in [0.1, 0.15) is 18.0 Å². The summed E-state index contributed by atoms with van der Waals surface area (Å²) in [7, 11) is 0. The van der Waals surface area contributed by atoms with E-state index in [1.165, 1.54) is 25.7 Å². The van der Waals surface area contributed by atoms with E-state index in [4.69, 9.17) is 0 Å². The van der Waals surface area contributed by atoms with Gasteiger partial charge in [0.25, 0.3) is 0 Å². The Bertz CT molecular complexity index is 397. The minimum atomic E-state index is 0.498. The first-order valence-corrected chi connectivity index (χ1v) is 7.43. The van der Waals surface area contributed by atoms with Crippen LogP contribution >= 0.6 is 0 Å². The molecule has 1 atom stereocenters. The Morgan fingerprint density at radius 1 is 1.16 bits per heavy atom. The van der Waals surface area contributed by atoms with Crippen LogP contribution < -0.4 is 16.0 Å². The van der Waals surface area contributed by atoms with Gasteiger partial charge in [0.05, 0.1) is 0 Å². The highest BCUT2D eigenvalue weighted by Gasteiger charge is 2.16. The van der Waals surface area contributed by atoms with Gasteiger partial charge in [-0.2, -0.15) is 0 Å². The van der Waals surface area contributed by atoms with E-state index in [-0.39, 0.29) is 0 Å². The van der Waals surface area contributed by atoms with Crippen molar-refractivity contribution in [2.45, 2.75) is 38.1 Å². The molecule has 1 aromatic rings. The van der Waals surface area contributed by atoms with Crippen molar-refractivity contribution in [1.29, 1.82) is 0 Å². The van der Waals surface area contributed by atoms with Crippen LogP contribution in [0.3, 0.4) is 0 Å². The third kappa shape index (κ3) is 3.56. The predicted molar refractivity (Wildman–Crippen MR) is 77.4 cm³/mol. The molecule has 1 saturated carbocycles. The molecule has 1 aliphatic heterocycles. The Balaban J connectivity index is 1.52. The standard InChI is InChI=1S/C14H23N5/c1-2-4-11(3-1)8-16-13-7-14(18-10-17-13)19-12-5-6-15-9-12/h7,10-12,15H,1-6,8-9H2,(H2,16,17,18,19). The van der Waals surface area contributed by atoms with Crippen LogP contribution in [0.4, 0.5) is 11.6 Å². The van der Waals surface area contributed by atoms with Crippen LogP contribution in [0.2, 0.25) is 0 Å². The summed E-state index contributed by atoms with van der Waals surface area (Å²) in [5, 5.41) is 10.2. The normalized spacial score (nSPS) is 23.7. The summed E-state index contributed by atoms with van der Waals surface area (Å²) in [6.07, 6.45) is 8.29. The molecule has 19 heavy (non-hydrogen) atoms. The third-order valence-electron chi connectivity index (χ3n) is 4.13. The molecule has 0 radical (unpaired) electrons. The average molecular weight is 261 g/mol. The van der Waals surface area contributed by atoms with Gasteiger partial charge in [0, 0.05) is 25.2 Å². The highest BCUT2D eigenvalue weighted by atomic mass is 15.1. The first-order valence-electron chi connectivity index (χ1n) is 7.43. The van der Waals surface area contributed by atoms with Gasteiger partial charge in [-0.15, -0.1) is 0 Å². The Morgan fingerprint density at radius 3 is 2.79 bits per heavy atom. The number of aromatic nitrogens is 2. The van der Waals surface area contributed by atoms with Crippen LogP contribution in [0, 0.1) is 5.92 Å². The lowest BCUT2D eigenvalue weighted by Crippen LogP contribution is -2.22. The molecule has 5 nitrogen and oxygen atoms in total. The number of nitrogens with one attached hydrogen (secondary N) is 3. The van der Waals surface area contributed by atoms with E-state index in [2.05, 4.69) is 25.9 Å². The van der Waals surface area contributed by atoms with Gasteiger partial charge in [-0.25, -0.2) is 9.97 Å². The number of hydrogen-bond acceptors (Lipinski definition) is 5. The van der Waals surface area contributed by atoms with E-state index in [0.29, 0.717) is 6.04 Å². The fourth-order valence-electron chi connectivity index (χ4n) is 2.98. The number of hydrogen-bond donors (Lipinski definition) is 3. The Hall–Kier alpha value is -1.36. The van der Waals surface area contributed by atoms with E-state index < -0.39 is 0 Å². The summed E-state index contributed by atoms with van der Waals surface area (Å²) >= 11 is 0. The highest BCUT2D eigenvalue weighted by molar-refractivity contribution is 5.47. The Morgan fingerprint density at radius 2 is 2.00 bits per heavy atom. The van der Waals surface area contributed by atoms with Crippen molar-refractivity contribution >= 4 is 11.6 Å². The second-order valence-electron chi connectivity index (χ2n) is 5.65. The molecule has 5 heteroatoms. The van der Waals surface area contributed by atoms with Crippen molar-refractivity contribution in [3.8, 4) is 0 Å². The molecule has 0 bridgehead atoms. The zero-order valence-corrected chi connectivity index (χ0v) is 11.4. The maximum Gasteiger partial charge on any atom is 0.131 e. The largest absolute Gasteiger partial charge is 0.370 e. The van der Waals surface area contributed by atoms with E-state index >= 15 is 0 Å². The van der Waals surface area contributed by atoms with E-state index in [1.54, 1.807) is 6.33 Å². The van der Waals surface area contributed by atoms with Crippen LogP contribution in [-0.4, -0.2) is 35.6 Å². The van der Waals surface area contributed by atoms with Gasteiger partial charge >= 0.3 is 0 Å². The van der Waals surface area contributed by atoms with Gasteiger partial charge in [-0.05, 0) is 31.7 Å². The molecular weight excluding hydrogens is 238 g/mol. The number of anilines is 2. The summed E-state index contributed by atoms with van der Waals surface area (Å²) in [5.41, 5.74) is 0. The van der Waals surface area contributed by atoms with Crippen molar-refractivity contribution in [1.82, 2.24) is 15.3 Å². The van der Waals surface area contributed by atoms with Crippen LogP contribution in [-0.2, 0) is 0 Å². The SMILES string of the molecule is c1nc(NCC2CCCC2)cc(NC2CCNC2)n1. The lowest BCUT2D eigenvalue weighted by molar-refractivity contribution is 0.579. The summed E-state index contributed by atoms with van der Waals surface area (Å²) < 4.78 is 0. The fourth-order valence-corrected chi connectivity index (χ4v) is 2.98. The van der Waals surface area contributed by atoms with E-state index in [1.807, 2.05) is 6.07 Å². The third-order valence-corrected chi connectivity index (χ3v) is 4.13. The van der Waals surface area contributed by atoms with Gasteiger partial charge < -0.3 is 16.0 Å². The molecule has 104 valence electrons. The predicted octanol–water partition coefficient (Wildman–Crippen LogP) is 1.85. The molecule has 1 aliphatic carbocycles. The average Bonchev–Trinajstić information content (AvgIpc) is 3.10. The smallest absolute Gasteiger partial charge is 0.131 e. The van der Waals surface area contributed by atoms with Crippen LogP contribution in [0.5, 0.6) is 0 Å². The minimum Gasteiger partial charge on any atom is -0.370 e. The molecule has 3 rings (SSSR count). The van der Waals surface area contributed by atoms with Crippen molar-refractivity contribution in [2.75, 3.05) is 30.3 Å². The monoisotopic (exact) mass is 261 g/mol. The number of rotatable bonds is 5. The van der Waals surface area contributed by atoms with Gasteiger partial charge in [-0.3, -0.25) is 0 Å². The molecule has 2 aliphatic rings. The maximum atomic E-state index is 4.30. The molecule has 3 N–H and O–H groups in total. The Kier molecular flexibility index (Phi) is 4.13. The minimum absolute atomic E-state index is 0.498. The second-order valence-corrected chi connectivity index (χ2v) is 5.65. The van der Waals surface area contributed by atoms with Crippen molar-refractivity contribution in [3.63, 3.8) is 0 Å². The molecule has 2 heterocycles. The molecule has 0 amide bonds. The molecule has 1 aromatic heterocycles. The van der Waals surface area contributed by atoms with Gasteiger partial charge in [0.2, 0.25) is 0 Å². The Labute approximate surface area is 114 Å². The molecule has 1 saturated heterocycles. The quantitative estimate of drug-likeness (QED) is 0.755. The van der Waals surface area contributed by atoms with Crippen LogP contribution in [0.1, 0.15) is 32.1 Å². The zero-order chi connectivity index (χ0) is 12.9. The summed E-state index contributed by atoms with van der Waals surface area (Å²) in [5.74, 6) is 2.69. The fraction of sp³-hybridized carbons (Fsp3) is 0.714. The molecule has 1 unspecified atom stereocenters. The van der Waals surface area contributed by atoms with Crippen LogP contribution in [0.25, 0.3) is 0 Å². The van der Waals surface area contributed by atoms with E-state index in [0.717, 1.165) is 43.6 Å². The van der Waals surface area contributed by atoms with Crippen molar-refractivity contribution in [2.24, 2.45) is 5.92 Å².